The predicted octanol–water partition coefficient (Wildman–Crippen LogP) is 3.66. The molecule has 2 nitrogen and oxygen atoms in total. The lowest BCUT2D eigenvalue weighted by Gasteiger charge is -2.11. The molecule has 19 heavy (non-hydrogen) atoms. The molecular weight excluding hydrogens is 234 g/mol. The molecule has 0 aliphatic heterocycles. The van der Waals surface area contributed by atoms with E-state index in [9.17, 15) is 4.79 Å². The zero-order valence-electron chi connectivity index (χ0n) is 12.5. The van der Waals surface area contributed by atoms with Crippen LogP contribution in [0, 0.1) is 6.92 Å². The first-order valence-electron chi connectivity index (χ1n) is 7.11. The summed E-state index contributed by atoms with van der Waals surface area (Å²) >= 11 is 0. The zero-order chi connectivity index (χ0) is 14.3. The zero-order valence-corrected chi connectivity index (χ0v) is 12.5. The Morgan fingerprint density at radius 1 is 1.21 bits per heavy atom. The molecule has 0 unspecified atom stereocenters. The molecule has 1 aromatic rings. The molecule has 1 amide bonds. The van der Waals surface area contributed by atoms with Crippen molar-refractivity contribution in [2.24, 2.45) is 0 Å². The van der Waals surface area contributed by atoms with Crippen molar-refractivity contribution >= 4 is 12.0 Å². The maximum Gasteiger partial charge on any atom is 0.216 e. The third-order valence-corrected chi connectivity index (χ3v) is 3.23. The Labute approximate surface area is 116 Å². The van der Waals surface area contributed by atoms with Gasteiger partial charge in [-0.15, -0.1) is 0 Å². The lowest BCUT2D eigenvalue weighted by molar-refractivity contribution is -0.118. The number of amides is 1. The monoisotopic (exact) mass is 259 g/mol. The van der Waals surface area contributed by atoms with Crippen molar-refractivity contribution in [3.8, 4) is 0 Å². The molecule has 0 fully saturated rings. The molecule has 1 N–H and O–H groups in total. The second-order valence-corrected chi connectivity index (χ2v) is 4.88. The molecule has 0 saturated heterocycles. The van der Waals surface area contributed by atoms with Gasteiger partial charge in [0.2, 0.25) is 5.91 Å². The fourth-order valence-electron chi connectivity index (χ4n) is 2.28. The molecule has 0 saturated carbocycles. The topological polar surface area (TPSA) is 29.1 Å². The number of carbonyl (C=O) groups is 1. The first kappa shape index (κ1) is 15.5. The summed E-state index contributed by atoms with van der Waals surface area (Å²) in [5.41, 5.74) is 5.52. The Hall–Kier alpha value is -1.57. The maximum atomic E-state index is 10.8. The highest BCUT2D eigenvalue weighted by molar-refractivity contribution is 5.72. The summed E-state index contributed by atoms with van der Waals surface area (Å²) < 4.78 is 0. The van der Waals surface area contributed by atoms with Crippen molar-refractivity contribution in [2.45, 2.75) is 47.0 Å². The Balaban J connectivity index is 2.80. The van der Waals surface area contributed by atoms with Gasteiger partial charge in [-0.05, 0) is 42.9 Å². The van der Waals surface area contributed by atoms with Crippen molar-refractivity contribution in [3.05, 3.63) is 40.5 Å². The van der Waals surface area contributed by atoms with Crippen LogP contribution >= 0.6 is 0 Å². The summed E-state index contributed by atoms with van der Waals surface area (Å²) in [6, 6.07) is 4.54. The molecule has 1 rings (SSSR count). The van der Waals surface area contributed by atoms with E-state index in [1.165, 1.54) is 22.3 Å². The smallest absolute Gasteiger partial charge is 0.216 e. The van der Waals surface area contributed by atoms with Gasteiger partial charge in [-0.2, -0.15) is 0 Å². The first-order chi connectivity index (χ1) is 9.08. The van der Waals surface area contributed by atoms with E-state index >= 15 is 0 Å². The third kappa shape index (κ3) is 4.90. The SMILES string of the molecule is CCc1cc(C)cc(CC)c1C=CCCNC(C)=O. The highest BCUT2D eigenvalue weighted by Gasteiger charge is 2.04. The lowest BCUT2D eigenvalue weighted by atomic mass is 9.94. The molecule has 0 radical (unpaired) electrons. The van der Waals surface area contributed by atoms with Gasteiger partial charge >= 0.3 is 0 Å². The van der Waals surface area contributed by atoms with E-state index in [-0.39, 0.29) is 5.91 Å². The van der Waals surface area contributed by atoms with Gasteiger partial charge in [0.15, 0.2) is 0 Å². The first-order valence-corrected chi connectivity index (χ1v) is 7.11. The van der Waals surface area contributed by atoms with Gasteiger partial charge in [-0.1, -0.05) is 43.7 Å². The largest absolute Gasteiger partial charge is 0.356 e. The number of hydrogen-bond acceptors (Lipinski definition) is 1. The van der Waals surface area contributed by atoms with Crippen LogP contribution in [0.25, 0.3) is 6.08 Å². The van der Waals surface area contributed by atoms with E-state index in [1.54, 1.807) is 6.92 Å². The molecule has 0 aliphatic rings. The molecule has 0 heterocycles. The molecule has 0 aliphatic carbocycles. The Morgan fingerprint density at radius 2 is 1.79 bits per heavy atom. The molecule has 0 spiro atoms. The van der Waals surface area contributed by atoms with Gasteiger partial charge in [0.25, 0.3) is 0 Å². The van der Waals surface area contributed by atoms with Crippen LogP contribution in [0.15, 0.2) is 18.2 Å². The van der Waals surface area contributed by atoms with Crippen LogP contribution in [-0.2, 0) is 17.6 Å². The number of carbonyl (C=O) groups excluding carboxylic acids is 1. The van der Waals surface area contributed by atoms with Crippen molar-refractivity contribution in [3.63, 3.8) is 0 Å². The van der Waals surface area contributed by atoms with E-state index in [2.05, 4.69) is 50.4 Å². The van der Waals surface area contributed by atoms with Crippen LogP contribution in [0.3, 0.4) is 0 Å². The summed E-state index contributed by atoms with van der Waals surface area (Å²) in [6.07, 6.45) is 7.34. The number of aryl methyl sites for hydroxylation is 3. The van der Waals surface area contributed by atoms with Gasteiger partial charge in [-0.25, -0.2) is 0 Å². The lowest BCUT2D eigenvalue weighted by Crippen LogP contribution is -2.20. The normalized spacial score (nSPS) is 10.9. The number of nitrogens with one attached hydrogen (secondary N) is 1. The molecular formula is C17H25NO. The van der Waals surface area contributed by atoms with Crippen molar-refractivity contribution in [1.29, 1.82) is 0 Å². The quantitative estimate of drug-likeness (QED) is 0.776. The van der Waals surface area contributed by atoms with E-state index < -0.39 is 0 Å². The third-order valence-electron chi connectivity index (χ3n) is 3.23. The van der Waals surface area contributed by atoms with Crippen molar-refractivity contribution < 1.29 is 4.79 Å². The average molecular weight is 259 g/mol. The second-order valence-electron chi connectivity index (χ2n) is 4.88. The summed E-state index contributed by atoms with van der Waals surface area (Å²) in [5.74, 6) is 0.0345. The average Bonchev–Trinajstić information content (AvgIpc) is 2.38. The van der Waals surface area contributed by atoms with Gasteiger partial charge in [0.05, 0.1) is 0 Å². The minimum absolute atomic E-state index is 0.0345. The molecule has 2 heteroatoms. The Kier molecular flexibility index (Phi) is 6.34. The number of rotatable bonds is 6. The van der Waals surface area contributed by atoms with Crippen LogP contribution in [-0.4, -0.2) is 12.5 Å². The van der Waals surface area contributed by atoms with Crippen LogP contribution in [0.1, 0.15) is 49.4 Å². The van der Waals surface area contributed by atoms with E-state index in [0.717, 1.165) is 19.3 Å². The summed E-state index contributed by atoms with van der Waals surface area (Å²) in [6.45, 7) is 8.81. The van der Waals surface area contributed by atoms with Gasteiger partial charge in [0.1, 0.15) is 0 Å². The van der Waals surface area contributed by atoms with E-state index in [1.807, 2.05) is 0 Å². The predicted molar refractivity (Wildman–Crippen MR) is 82.3 cm³/mol. The van der Waals surface area contributed by atoms with E-state index in [4.69, 9.17) is 0 Å². The second kappa shape index (κ2) is 7.78. The molecule has 104 valence electrons. The summed E-state index contributed by atoms with van der Waals surface area (Å²) in [5, 5.41) is 2.81. The van der Waals surface area contributed by atoms with Gasteiger partial charge in [0, 0.05) is 13.5 Å². The van der Waals surface area contributed by atoms with Crippen LogP contribution in [0.5, 0.6) is 0 Å². The highest BCUT2D eigenvalue weighted by atomic mass is 16.1. The number of hydrogen-bond donors (Lipinski definition) is 1. The van der Waals surface area contributed by atoms with E-state index in [0.29, 0.717) is 6.54 Å². The Morgan fingerprint density at radius 3 is 2.26 bits per heavy atom. The van der Waals surface area contributed by atoms with Crippen LogP contribution < -0.4 is 5.32 Å². The minimum Gasteiger partial charge on any atom is -0.356 e. The minimum atomic E-state index is 0.0345. The molecule has 0 bridgehead atoms. The standard InChI is InChI=1S/C17H25NO/c1-5-15-11-13(3)12-16(6-2)17(15)9-7-8-10-18-14(4)19/h7,9,11-12H,5-6,8,10H2,1-4H3,(H,18,19). The molecule has 0 atom stereocenters. The van der Waals surface area contributed by atoms with Gasteiger partial charge < -0.3 is 5.32 Å². The fourth-order valence-corrected chi connectivity index (χ4v) is 2.28. The molecule has 1 aromatic carbocycles. The van der Waals surface area contributed by atoms with Crippen LogP contribution in [0.4, 0.5) is 0 Å². The fraction of sp³-hybridized carbons (Fsp3) is 0.471. The van der Waals surface area contributed by atoms with Crippen molar-refractivity contribution in [2.75, 3.05) is 6.54 Å². The van der Waals surface area contributed by atoms with Crippen molar-refractivity contribution in [1.82, 2.24) is 5.32 Å². The maximum absolute atomic E-state index is 10.8. The highest BCUT2D eigenvalue weighted by Crippen LogP contribution is 2.21. The Bertz CT molecular complexity index is 435. The summed E-state index contributed by atoms with van der Waals surface area (Å²) in [7, 11) is 0. The molecule has 0 aromatic heterocycles. The van der Waals surface area contributed by atoms with Gasteiger partial charge in [-0.3, -0.25) is 4.79 Å². The number of benzene rings is 1. The summed E-state index contributed by atoms with van der Waals surface area (Å²) in [4.78, 5) is 10.8. The van der Waals surface area contributed by atoms with Crippen LogP contribution in [0.2, 0.25) is 0 Å².